The average molecular weight is 543 g/mol. The van der Waals surface area contributed by atoms with Gasteiger partial charge in [0.2, 0.25) is 5.75 Å². The van der Waals surface area contributed by atoms with Gasteiger partial charge in [-0.1, -0.05) is 32.3 Å². The van der Waals surface area contributed by atoms with Crippen molar-refractivity contribution in [2.75, 3.05) is 27.4 Å². The van der Waals surface area contributed by atoms with Crippen LogP contribution >= 0.6 is 0 Å². The van der Waals surface area contributed by atoms with Gasteiger partial charge in [0.05, 0.1) is 33.0 Å². The van der Waals surface area contributed by atoms with Gasteiger partial charge in [0, 0.05) is 18.6 Å². The number of aryl methyl sites for hydroxylation is 1. The van der Waals surface area contributed by atoms with Crippen LogP contribution in [0.15, 0.2) is 42.7 Å². The van der Waals surface area contributed by atoms with E-state index in [0.717, 1.165) is 32.2 Å². The minimum Gasteiger partial charge on any atom is -1.00 e. The predicted molar refractivity (Wildman–Crippen MR) is 115 cm³/mol. The molecule has 0 amide bonds. The SMILES string of the molecule is CCCCCCOc1c(OC)cc(C(=O)OCCCC[n+]2ccccc2)cc1OC.[I-]. The van der Waals surface area contributed by atoms with E-state index in [1.54, 1.807) is 26.4 Å². The topological polar surface area (TPSA) is 57.9 Å². The summed E-state index contributed by atoms with van der Waals surface area (Å²) in [6, 6.07) is 9.28. The summed E-state index contributed by atoms with van der Waals surface area (Å²) >= 11 is 0. The van der Waals surface area contributed by atoms with Crippen LogP contribution in [0.5, 0.6) is 17.2 Å². The van der Waals surface area contributed by atoms with E-state index in [-0.39, 0.29) is 24.0 Å². The molecule has 0 fully saturated rings. The fourth-order valence-electron chi connectivity index (χ4n) is 3.07. The second-order valence-corrected chi connectivity index (χ2v) is 7.08. The summed E-state index contributed by atoms with van der Waals surface area (Å²) in [4.78, 5) is 12.5. The molecule has 0 aliphatic carbocycles. The summed E-state index contributed by atoms with van der Waals surface area (Å²) < 4.78 is 24.3. The Labute approximate surface area is 202 Å². The van der Waals surface area contributed by atoms with Crippen LogP contribution in [-0.4, -0.2) is 33.4 Å². The van der Waals surface area contributed by atoms with E-state index >= 15 is 0 Å². The summed E-state index contributed by atoms with van der Waals surface area (Å²) in [5.41, 5.74) is 0.388. The molecular formula is C24H34INO5. The van der Waals surface area contributed by atoms with Crippen LogP contribution in [0.3, 0.4) is 0 Å². The number of halogens is 1. The van der Waals surface area contributed by atoms with Crippen molar-refractivity contribution in [1.29, 1.82) is 0 Å². The number of hydrogen-bond donors (Lipinski definition) is 0. The molecule has 0 atom stereocenters. The highest BCUT2D eigenvalue weighted by atomic mass is 127. The Morgan fingerprint density at radius 2 is 1.52 bits per heavy atom. The van der Waals surface area contributed by atoms with Gasteiger partial charge in [0.15, 0.2) is 23.9 Å². The minimum absolute atomic E-state index is 0. The molecule has 0 aliphatic rings. The molecule has 0 spiro atoms. The molecular weight excluding hydrogens is 509 g/mol. The van der Waals surface area contributed by atoms with Crippen LogP contribution in [0.25, 0.3) is 0 Å². The number of hydrogen-bond acceptors (Lipinski definition) is 5. The number of ether oxygens (including phenoxy) is 4. The van der Waals surface area contributed by atoms with Crippen molar-refractivity contribution in [3.63, 3.8) is 0 Å². The molecule has 1 aromatic heterocycles. The molecule has 172 valence electrons. The van der Waals surface area contributed by atoms with E-state index < -0.39 is 5.97 Å². The zero-order valence-electron chi connectivity index (χ0n) is 18.8. The lowest BCUT2D eigenvalue weighted by molar-refractivity contribution is -0.697. The van der Waals surface area contributed by atoms with Gasteiger partial charge < -0.3 is 42.9 Å². The molecule has 0 saturated heterocycles. The zero-order chi connectivity index (χ0) is 21.6. The average Bonchev–Trinajstić information content (AvgIpc) is 2.78. The Morgan fingerprint density at radius 1 is 0.871 bits per heavy atom. The Kier molecular flexibility index (Phi) is 13.7. The number of esters is 1. The van der Waals surface area contributed by atoms with Crippen molar-refractivity contribution < 1.29 is 52.3 Å². The highest BCUT2D eigenvalue weighted by Crippen LogP contribution is 2.39. The van der Waals surface area contributed by atoms with Crippen molar-refractivity contribution >= 4 is 5.97 Å². The lowest BCUT2D eigenvalue weighted by Gasteiger charge is -2.16. The van der Waals surface area contributed by atoms with Crippen LogP contribution in [0.1, 0.15) is 55.8 Å². The molecule has 0 N–H and O–H groups in total. The van der Waals surface area contributed by atoms with Gasteiger partial charge in [-0.15, -0.1) is 0 Å². The number of carbonyl (C=O) groups is 1. The van der Waals surface area contributed by atoms with E-state index in [9.17, 15) is 4.79 Å². The lowest BCUT2D eigenvalue weighted by Crippen LogP contribution is -3.00. The third-order valence-electron chi connectivity index (χ3n) is 4.76. The van der Waals surface area contributed by atoms with Crippen LogP contribution in [-0.2, 0) is 11.3 Å². The fourth-order valence-corrected chi connectivity index (χ4v) is 3.07. The molecule has 0 saturated carbocycles. The monoisotopic (exact) mass is 543 g/mol. The second-order valence-electron chi connectivity index (χ2n) is 7.08. The van der Waals surface area contributed by atoms with E-state index in [2.05, 4.69) is 11.5 Å². The first-order chi connectivity index (χ1) is 14.7. The maximum absolute atomic E-state index is 12.5. The van der Waals surface area contributed by atoms with Crippen molar-refractivity contribution in [2.24, 2.45) is 0 Å². The van der Waals surface area contributed by atoms with Gasteiger partial charge in [-0.2, -0.15) is 0 Å². The molecule has 2 aromatic rings. The van der Waals surface area contributed by atoms with E-state index in [1.165, 1.54) is 12.8 Å². The third-order valence-corrected chi connectivity index (χ3v) is 4.76. The molecule has 0 bridgehead atoms. The Morgan fingerprint density at radius 3 is 2.13 bits per heavy atom. The first-order valence-electron chi connectivity index (χ1n) is 10.7. The number of carbonyl (C=O) groups excluding carboxylic acids is 1. The zero-order valence-corrected chi connectivity index (χ0v) is 20.9. The normalized spacial score (nSPS) is 10.2. The summed E-state index contributed by atoms with van der Waals surface area (Å²) in [5.74, 6) is 1.07. The molecule has 31 heavy (non-hydrogen) atoms. The summed E-state index contributed by atoms with van der Waals surface area (Å²) in [6.45, 7) is 4.01. The standard InChI is InChI=1S/C24H34NO5.HI/c1-4-5-6-11-16-29-23-21(27-2)18-20(19-22(23)28-3)24(26)30-17-12-10-15-25-13-8-7-9-14-25;/h7-9,13-14,18-19H,4-6,10-12,15-17H2,1-3H3;1H/q+1;/p-1. The smallest absolute Gasteiger partial charge is 0.338 e. The van der Waals surface area contributed by atoms with Crippen molar-refractivity contribution in [1.82, 2.24) is 0 Å². The molecule has 1 heterocycles. The molecule has 7 heteroatoms. The van der Waals surface area contributed by atoms with Gasteiger partial charge in [-0.25, -0.2) is 9.36 Å². The number of pyridine rings is 1. The Hall–Kier alpha value is -2.03. The first-order valence-corrected chi connectivity index (χ1v) is 10.7. The van der Waals surface area contributed by atoms with Crippen LogP contribution in [0.2, 0.25) is 0 Å². The van der Waals surface area contributed by atoms with Crippen molar-refractivity contribution in [2.45, 2.75) is 52.0 Å². The predicted octanol–water partition coefficient (Wildman–Crippen LogP) is 1.59. The van der Waals surface area contributed by atoms with Gasteiger partial charge >= 0.3 is 5.97 Å². The maximum Gasteiger partial charge on any atom is 0.338 e. The second kappa shape index (κ2) is 15.7. The van der Waals surface area contributed by atoms with Gasteiger partial charge in [-0.05, 0) is 25.0 Å². The number of nitrogens with zero attached hydrogens (tertiary/aromatic N) is 1. The highest BCUT2D eigenvalue weighted by molar-refractivity contribution is 5.91. The van der Waals surface area contributed by atoms with Crippen molar-refractivity contribution in [3.8, 4) is 17.2 Å². The third kappa shape index (κ3) is 9.33. The number of rotatable bonds is 14. The molecule has 1 aromatic carbocycles. The molecule has 0 unspecified atom stereocenters. The Bertz CT molecular complexity index is 745. The van der Waals surface area contributed by atoms with Crippen LogP contribution < -0.4 is 42.8 Å². The summed E-state index contributed by atoms with van der Waals surface area (Å²) in [6.07, 6.45) is 10.2. The molecule has 6 nitrogen and oxygen atoms in total. The minimum atomic E-state index is -0.395. The van der Waals surface area contributed by atoms with E-state index in [1.807, 2.05) is 30.6 Å². The van der Waals surface area contributed by atoms with Crippen LogP contribution in [0.4, 0.5) is 0 Å². The number of benzene rings is 1. The first kappa shape index (κ1) is 27.0. The maximum atomic E-state index is 12.5. The molecule has 2 rings (SSSR count). The fraction of sp³-hybridized carbons (Fsp3) is 0.500. The molecule has 0 radical (unpaired) electrons. The van der Waals surface area contributed by atoms with Crippen LogP contribution in [0, 0.1) is 0 Å². The van der Waals surface area contributed by atoms with Gasteiger partial charge in [0.1, 0.15) is 6.54 Å². The molecule has 0 aliphatic heterocycles. The number of unbranched alkanes of at least 4 members (excludes halogenated alkanes) is 4. The quantitative estimate of drug-likeness (QED) is 0.157. The highest BCUT2D eigenvalue weighted by Gasteiger charge is 2.18. The largest absolute Gasteiger partial charge is 1.00 e. The lowest BCUT2D eigenvalue weighted by atomic mass is 10.1. The van der Waals surface area contributed by atoms with E-state index in [4.69, 9.17) is 18.9 Å². The number of aromatic nitrogens is 1. The summed E-state index contributed by atoms with van der Waals surface area (Å²) in [7, 11) is 3.10. The van der Waals surface area contributed by atoms with Gasteiger partial charge in [-0.3, -0.25) is 0 Å². The van der Waals surface area contributed by atoms with Crippen molar-refractivity contribution in [3.05, 3.63) is 48.3 Å². The van der Waals surface area contributed by atoms with Gasteiger partial charge in [0.25, 0.3) is 0 Å². The van der Waals surface area contributed by atoms with E-state index in [0.29, 0.717) is 36.0 Å². The Balaban J connectivity index is 0.00000480. The summed E-state index contributed by atoms with van der Waals surface area (Å²) in [5, 5.41) is 0. The number of methoxy groups -OCH3 is 2.